The number of aromatic nitrogens is 1. The number of hydrogen-bond donors (Lipinski definition) is 1. The van der Waals surface area contributed by atoms with Crippen molar-refractivity contribution in [2.75, 3.05) is 25.6 Å². The fourth-order valence-electron chi connectivity index (χ4n) is 3.39. The van der Waals surface area contributed by atoms with Gasteiger partial charge in [-0.25, -0.2) is 4.79 Å². The lowest BCUT2D eigenvalue weighted by Crippen LogP contribution is -2.28. The fraction of sp³-hybridized carbons (Fsp3) is 0.280. The van der Waals surface area contributed by atoms with Gasteiger partial charge in [0.05, 0.1) is 5.56 Å². The molecule has 162 valence electrons. The van der Waals surface area contributed by atoms with E-state index in [1.807, 2.05) is 81.4 Å². The molecule has 31 heavy (non-hydrogen) atoms. The van der Waals surface area contributed by atoms with Crippen LogP contribution in [0.5, 0.6) is 0 Å². The maximum atomic E-state index is 12.5. The summed E-state index contributed by atoms with van der Waals surface area (Å²) in [6, 6.07) is 19.8. The Hall–Kier alpha value is -3.54. The van der Waals surface area contributed by atoms with Crippen LogP contribution in [0.1, 0.15) is 32.9 Å². The Morgan fingerprint density at radius 1 is 0.968 bits per heavy atom. The Balaban J connectivity index is 1.53. The number of benzene rings is 2. The second-order valence-corrected chi connectivity index (χ2v) is 7.77. The minimum atomic E-state index is -0.488. The summed E-state index contributed by atoms with van der Waals surface area (Å²) in [6.45, 7) is 4.61. The quantitative estimate of drug-likeness (QED) is 0.566. The van der Waals surface area contributed by atoms with E-state index < -0.39 is 5.97 Å². The molecule has 0 bridgehead atoms. The van der Waals surface area contributed by atoms with Crippen LogP contribution in [0, 0.1) is 13.8 Å². The molecule has 0 saturated heterocycles. The molecule has 0 unspecified atom stereocenters. The van der Waals surface area contributed by atoms with Crippen LogP contribution in [0.3, 0.4) is 0 Å². The average Bonchev–Trinajstić information content (AvgIpc) is 3.05. The third-order valence-electron chi connectivity index (χ3n) is 5.25. The van der Waals surface area contributed by atoms with Crippen molar-refractivity contribution in [3.05, 3.63) is 88.7 Å². The Morgan fingerprint density at radius 2 is 1.65 bits per heavy atom. The summed E-state index contributed by atoms with van der Waals surface area (Å²) < 4.78 is 7.33. The highest BCUT2D eigenvalue weighted by molar-refractivity contribution is 5.92. The number of carbonyl (C=O) groups is 2. The SMILES string of the molecule is Cc1cc(C(=O)OCC(=O)NCc2ccc(N(C)C)cc2)c(C)n1Cc1ccccc1. The number of nitrogens with one attached hydrogen (secondary N) is 1. The minimum Gasteiger partial charge on any atom is -0.452 e. The van der Waals surface area contributed by atoms with Crippen molar-refractivity contribution in [1.29, 1.82) is 0 Å². The van der Waals surface area contributed by atoms with E-state index in [9.17, 15) is 9.59 Å². The van der Waals surface area contributed by atoms with E-state index in [1.165, 1.54) is 0 Å². The van der Waals surface area contributed by atoms with E-state index in [0.29, 0.717) is 18.7 Å². The summed E-state index contributed by atoms with van der Waals surface area (Å²) in [6.07, 6.45) is 0. The highest BCUT2D eigenvalue weighted by Gasteiger charge is 2.18. The van der Waals surface area contributed by atoms with Crippen LogP contribution in [0.25, 0.3) is 0 Å². The molecule has 0 radical (unpaired) electrons. The van der Waals surface area contributed by atoms with Gasteiger partial charge in [-0.1, -0.05) is 42.5 Å². The Kier molecular flexibility index (Phi) is 7.13. The van der Waals surface area contributed by atoms with Crippen LogP contribution in [0.15, 0.2) is 60.7 Å². The summed E-state index contributed by atoms with van der Waals surface area (Å²) >= 11 is 0. The molecule has 1 amide bonds. The van der Waals surface area contributed by atoms with Gasteiger partial charge in [0.15, 0.2) is 6.61 Å². The average molecular weight is 420 g/mol. The van der Waals surface area contributed by atoms with Crippen LogP contribution in [-0.2, 0) is 22.6 Å². The molecule has 6 heteroatoms. The predicted octanol–water partition coefficient (Wildman–Crippen LogP) is 3.69. The van der Waals surface area contributed by atoms with E-state index in [-0.39, 0.29) is 12.5 Å². The van der Waals surface area contributed by atoms with Crippen molar-refractivity contribution in [2.45, 2.75) is 26.9 Å². The predicted molar refractivity (Wildman–Crippen MR) is 122 cm³/mol. The lowest BCUT2D eigenvalue weighted by Gasteiger charge is -2.13. The molecule has 3 rings (SSSR count). The largest absolute Gasteiger partial charge is 0.452 e. The number of anilines is 1. The van der Waals surface area contributed by atoms with Gasteiger partial charge in [0, 0.05) is 44.3 Å². The molecule has 0 atom stereocenters. The summed E-state index contributed by atoms with van der Waals surface area (Å²) in [5.74, 6) is -0.818. The second kappa shape index (κ2) is 9.98. The first-order valence-corrected chi connectivity index (χ1v) is 10.3. The molecule has 0 spiro atoms. The van der Waals surface area contributed by atoms with Gasteiger partial charge in [-0.15, -0.1) is 0 Å². The normalized spacial score (nSPS) is 10.6. The first kappa shape index (κ1) is 22.2. The van der Waals surface area contributed by atoms with Crippen LogP contribution < -0.4 is 10.2 Å². The smallest absolute Gasteiger partial charge is 0.340 e. The molecular formula is C25H29N3O3. The van der Waals surface area contributed by atoms with Crippen LogP contribution in [-0.4, -0.2) is 37.1 Å². The zero-order valence-corrected chi connectivity index (χ0v) is 18.5. The number of hydrogen-bond acceptors (Lipinski definition) is 4. The lowest BCUT2D eigenvalue weighted by molar-refractivity contribution is -0.124. The molecule has 3 aromatic rings. The van der Waals surface area contributed by atoms with Gasteiger partial charge in [0.2, 0.25) is 0 Å². The van der Waals surface area contributed by atoms with Crippen molar-refractivity contribution >= 4 is 17.6 Å². The van der Waals surface area contributed by atoms with E-state index in [4.69, 9.17) is 4.74 Å². The van der Waals surface area contributed by atoms with Crippen LogP contribution >= 0.6 is 0 Å². The summed E-state index contributed by atoms with van der Waals surface area (Å²) in [5.41, 5.74) is 5.51. The van der Waals surface area contributed by atoms with Crippen LogP contribution in [0.2, 0.25) is 0 Å². The molecule has 0 fully saturated rings. The summed E-state index contributed by atoms with van der Waals surface area (Å²) in [7, 11) is 3.95. The molecule has 1 aromatic heterocycles. The number of esters is 1. The van der Waals surface area contributed by atoms with Gasteiger partial charge in [0.25, 0.3) is 5.91 Å². The molecule has 0 aliphatic carbocycles. The van der Waals surface area contributed by atoms with Gasteiger partial charge < -0.3 is 19.5 Å². The summed E-state index contributed by atoms with van der Waals surface area (Å²) in [5, 5.41) is 2.78. The number of rotatable bonds is 8. The Bertz CT molecular complexity index is 1040. The third kappa shape index (κ3) is 5.75. The first-order valence-electron chi connectivity index (χ1n) is 10.3. The second-order valence-electron chi connectivity index (χ2n) is 7.77. The van der Waals surface area contributed by atoms with Gasteiger partial charge in [-0.05, 0) is 43.2 Å². The molecule has 0 aliphatic heterocycles. The number of amides is 1. The summed E-state index contributed by atoms with van der Waals surface area (Å²) in [4.78, 5) is 26.7. The fourth-order valence-corrected chi connectivity index (χ4v) is 3.39. The van der Waals surface area contributed by atoms with Crippen molar-refractivity contribution in [3.63, 3.8) is 0 Å². The maximum Gasteiger partial charge on any atom is 0.340 e. The van der Waals surface area contributed by atoms with Crippen molar-refractivity contribution < 1.29 is 14.3 Å². The minimum absolute atomic E-state index is 0.309. The lowest BCUT2D eigenvalue weighted by atomic mass is 10.2. The highest BCUT2D eigenvalue weighted by Crippen LogP contribution is 2.18. The van der Waals surface area contributed by atoms with Crippen molar-refractivity contribution in [2.24, 2.45) is 0 Å². The third-order valence-corrected chi connectivity index (χ3v) is 5.25. The highest BCUT2D eigenvalue weighted by atomic mass is 16.5. The van der Waals surface area contributed by atoms with E-state index in [1.54, 1.807) is 0 Å². The molecular weight excluding hydrogens is 390 g/mol. The number of nitrogens with zero attached hydrogens (tertiary/aromatic N) is 2. The molecule has 1 heterocycles. The standard InChI is InChI=1S/C25H29N3O3/c1-18-14-23(19(2)28(18)16-21-8-6-5-7-9-21)25(30)31-17-24(29)26-15-20-10-12-22(13-11-20)27(3)4/h5-14H,15-17H2,1-4H3,(H,26,29). The zero-order valence-electron chi connectivity index (χ0n) is 18.5. The number of ether oxygens (including phenoxy) is 1. The van der Waals surface area contributed by atoms with Gasteiger partial charge in [-0.2, -0.15) is 0 Å². The molecule has 1 N–H and O–H groups in total. The van der Waals surface area contributed by atoms with Crippen molar-refractivity contribution in [3.8, 4) is 0 Å². The van der Waals surface area contributed by atoms with Gasteiger partial charge in [-0.3, -0.25) is 4.79 Å². The monoisotopic (exact) mass is 419 g/mol. The van der Waals surface area contributed by atoms with E-state index in [2.05, 4.69) is 22.0 Å². The topological polar surface area (TPSA) is 63.6 Å². The maximum absolute atomic E-state index is 12.5. The number of carbonyl (C=O) groups excluding carboxylic acids is 2. The molecule has 0 saturated carbocycles. The van der Waals surface area contributed by atoms with E-state index >= 15 is 0 Å². The Morgan fingerprint density at radius 3 is 2.29 bits per heavy atom. The zero-order chi connectivity index (χ0) is 22.4. The van der Waals surface area contributed by atoms with Gasteiger partial charge >= 0.3 is 5.97 Å². The number of aryl methyl sites for hydroxylation is 1. The Labute approximate surface area is 183 Å². The molecule has 6 nitrogen and oxygen atoms in total. The molecule has 0 aliphatic rings. The molecule has 2 aromatic carbocycles. The van der Waals surface area contributed by atoms with Crippen molar-refractivity contribution in [1.82, 2.24) is 9.88 Å². The van der Waals surface area contributed by atoms with E-state index in [0.717, 1.165) is 28.2 Å². The van der Waals surface area contributed by atoms with Gasteiger partial charge in [0.1, 0.15) is 0 Å². The first-order chi connectivity index (χ1) is 14.8. The van der Waals surface area contributed by atoms with Crippen LogP contribution in [0.4, 0.5) is 5.69 Å².